The van der Waals surface area contributed by atoms with Crippen LogP contribution in [0.15, 0.2) is 30.9 Å². The largest absolute Gasteiger partial charge is 0.481 e. The third kappa shape index (κ3) is 2.66. The maximum atomic E-state index is 10.6. The topological polar surface area (TPSA) is 94.0 Å². The number of carboxylic acid groups (broad SMARTS) is 1. The first-order valence-electron chi connectivity index (χ1n) is 5.19. The van der Waals surface area contributed by atoms with Gasteiger partial charge in [-0.1, -0.05) is 17.7 Å². The van der Waals surface area contributed by atoms with Gasteiger partial charge in [-0.25, -0.2) is 9.67 Å². The lowest BCUT2D eigenvalue weighted by Crippen LogP contribution is -2.15. The summed E-state index contributed by atoms with van der Waals surface area (Å²) in [5.41, 5.74) is 7.10. The molecule has 0 bridgehead atoms. The van der Waals surface area contributed by atoms with Gasteiger partial charge in [0.1, 0.15) is 12.7 Å². The molecular formula is C11H11ClN4O2. The Morgan fingerprint density at radius 2 is 2.33 bits per heavy atom. The van der Waals surface area contributed by atoms with E-state index in [1.165, 1.54) is 17.3 Å². The monoisotopic (exact) mass is 266 g/mol. The maximum Gasteiger partial charge on any atom is 0.305 e. The normalized spacial score (nSPS) is 12.3. The fourth-order valence-corrected chi connectivity index (χ4v) is 1.85. The van der Waals surface area contributed by atoms with E-state index in [9.17, 15) is 4.79 Å². The summed E-state index contributed by atoms with van der Waals surface area (Å²) in [6, 6.07) is 4.53. The van der Waals surface area contributed by atoms with Crippen molar-refractivity contribution in [2.75, 3.05) is 0 Å². The first-order chi connectivity index (χ1) is 8.58. The number of carbonyl (C=O) groups is 1. The summed E-state index contributed by atoms with van der Waals surface area (Å²) in [7, 11) is 0. The predicted octanol–water partition coefficient (Wildman–Crippen LogP) is 1.40. The molecule has 2 rings (SSSR count). The standard InChI is InChI=1S/C11H11ClN4O2/c12-8-3-7(9(13)4-11(17)18)1-2-10(8)16-6-14-5-15-16/h1-3,5-6,9H,4,13H2,(H,17,18). The molecule has 6 nitrogen and oxygen atoms in total. The van der Waals surface area contributed by atoms with Gasteiger partial charge >= 0.3 is 5.97 Å². The van der Waals surface area contributed by atoms with Crippen molar-refractivity contribution in [3.63, 3.8) is 0 Å². The van der Waals surface area contributed by atoms with Crippen molar-refractivity contribution < 1.29 is 9.90 Å². The molecule has 0 saturated heterocycles. The van der Waals surface area contributed by atoms with Crippen LogP contribution >= 0.6 is 11.6 Å². The van der Waals surface area contributed by atoms with E-state index in [0.717, 1.165) is 0 Å². The lowest BCUT2D eigenvalue weighted by Gasteiger charge is -2.11. The lowest BCUT2D eigenvalue weighted by molar-refractivity contribution is -0.137. The number of nitrogens with two attached hydrogens (primary N) is 1. The summed E-state index contributed by atoms with van der Waals surface area (Å²) in [6.07, 6.45) is 2.79. The smallest absolute Gasteiger partial charge is 0.305 e. The van der Waals surface area contributed by atoms with Crippen molar-refractivity contribution in [2.24, 2.45) is 5.73 Å². The van der Waals surface area contributed by atoms with E-state index in [0.29, 0.717) is 16.3 Å². The Morgan fingerprint density at radius 3 is 2.89 bits per heavy atom. The Morgan fingerprint density at radius 1 is 1.56 bits per heavy atom. The van der Waals surface area contributed by atoms with Gasteiger partial charge in [0, 0.05) is 6.04 Å². The fraction of sp³-hybridized carbons (Fsp3) is 0.182. The molecule has 3 N–H and O–H groups in total. The Bertz CT molecular complexity index is 556. The van der Waals surface area contributed by atoms with Gasteiger partial charge < -0.3 is 10.8 Å². The Balaban J connectivity index is 2.28. The molecule has 1 atom stereocenters. The van der Waals surface area contributed by atoms with Gasteiger partial charge in [0.25, 0.3) is 0 Å². The first kappa shape index (κ1) is 12.5. The van der Waals surface area contributed by atoms with Gasteiger partial charge in [-0.05, 0) is 17.7 Å². The van der Waals surface area contributed by atoms with Crippen molar-refractivity contribution in [3.8, 4) is 5.69 Å². The number of aromatic nitrogens is 3. The summed E-state index contributed by atoms with van der Waals surface area (Å²) in [6.45, 7) is 0. The van der Waals surface area contributed by atoms with Crippen molar-refractivity contribution in [3.05, 3.63) is 41.4 Å². The number of hydrogen-bond donors (Lipinski definition) is 2. The molecule has 1 aromatic heterocycles. The minimum absolute atomic E-state index is 0.140. The van der Waals surface area contributed by atoms with Gasteiger partial charge in [-0.2, -0.15) is 5.10 Å². The van der Waals surface area contributed by atoms with E-state index < -0.39 is 12.0 Å². The molecule has 1 heterocycles. The quantitative estimate of drug-likeness (QED) is 0.872. The van der Waals surface area contributed by atoms with E-state index in [2.05, 4.69) is 10.1 Å². The molecule has 1 aromatic carbocycles. The van der Waals surface area contributed by atoms with Gasteiger partial charge in [0.15, 0.2) is 0 Å². The molecule has 7 heteroatoms. The number of nitrogens with zero attached hydrogens (tertiary/aromatic N) is 3. The minimum atomic E-state index is -0.945. The highest BCUT2D eigenvalue weighted by molar-refractivity contribution is 6.32. The van der Waals surface area contributed by atoms with Gasteiger partial charge in [-0.3, -0.25) is 4.79 Å². The van der Waals surface area contributed by atoms with E-state index in [4.69, 9.17) is 22.4 Å². The summed E-state index contributed by atoms with van der Waals surface area (Å²) in [5.74, 6) is -0.945. The number of hydrogen-bond acceptors (Lipinski definition) is 4. The molecule has 0 aliphatic rings. The van der Waals surface area contributed by atoms with Crippen LogP contribution in [-0.2, 0) is 4.79 Å². The van der Waals surface area contributed by atoms with Crippen LogP contribution in [0.25, 0.3) is 5.69 Å². The minimum Gasteiger partial charge on any atom is -0.481 e. The zero-order valence-corrected chi connectivity index (χ0v) is 10.1. The Hall–Kier alpha value is -1.92. The predicted molar refractivity (Wildman–Crippen MR) is 65.6 cm³/mol. The average Bonchev–Trinajstić information content (AvgIpc) is 2.81. The van der Waals surface area contributed by atoms with E-state index >= 15 is 0 Å². The second-order valence-electron chi connectivity index (χ2n) is 3.76. The van der Waals surface area contributed by atoms with Crippen LogP contribution < -0.4 is 5.73 Å². The van der Waals surface area contributed by atoms with Crippen LogP contribution in [0.1, 0.15) is 18.0 Å². The van der Waals surface area contributed by atoms with Crippen molar-refractivity contribution in [2.45, 2.75) is 12.5 Å². The van der Waals surface area contributed by atoms with Crippen molar-refractivity contribution in [1.29, 1.82) is 0 Å². The molecule has 0 spiro atoms. The summed E-state index contributed by atoms with van der Waals surface area (Å²) in [4.78, 5) is 14.4. The van der Waals surface area contributed by atoms with Crippen LogP contribution in [0.4, 0.5) is 0 Å². The van der Waals surface area contributed by atoms with Gasteiger partial charge in [0.05, 0.1) is 17.1 Å². The molecule has 18 heavy (non-hydrogen) atoms. The highest BCUT2D eigenvalue weighted by Gasteiger charge is 2.13. The molecule has 0 amide bonds. The maximum absolute atomic E-state index is 10.6. The molecular weight excluding hydrogens is 256 g/mol. The Kier molecular flexibility index (Phi) is 3.59. The molecule has 0 fully saturated rings. The summed E-state index contributed by atoms with van der Waals surface area (Å²) >= 11 is 6.11. The molecule has 0 aliphatic heterocycles. The number of halogens is 1. The highest BCUT2D eigenvalue weighted by atomic mass is 35.5. The Labute approximate surface area is 108 Å². The first-order valence-corrected chi connectivity index (χ1v) is 5.57. The van der Waals surface area contributed by atoms with Crippen LogP contribution in [0, 0.1) is 0 Å². The molecule has 94 valence electrons. The van der Waals surface area contributed by atoms with Crippen LogP contribution in [0.2, 0.25) is 5.02 Å². The average molecular weight is 267 g/mol. The van der Waals surface area contributed by atoms with Crippen LogP contribution in [-0.4, -0.2) is 25.8 Å². The zero-order chi connectivity index (χ0) is 13.1. The summed E-state index contributed by atoms with van der Waals surface area (Å²) in [5, 5.41) is 13.1. The fourth-order valence-electron chi connectivity index (χ4n) is 1.58. The third-order valence-electron chi connectivity index (χ3n) is 2.46. The van der Waals surface area contributed by atoms with Gasteiger partial charge in [0.2, 0.25) is 0 Å². The van der Waals surface area contributed by atoms with E-state index in [1.54, 1.807) is 18.2 Å². The lowest BCUT2D eigenvalue weighted by atomic mass is 10.0. The molecule has 2 aromatic rings. The van der Waals surface area contributed by atoms with Crippen molar-refractivity contribution in [1.82, 2.24) is 14.8 Å². The number of benzene rings is 1. The van der Waals surface area contributed by atoms with Crippen LogP contribution in [0.5, 0.6) is 0 Å². The van der Waals surface area contributed by atoms with E-state index in [1.807, 2.05) is 0 Å². The number of carboxylic acids is 1. The van der Waals surface area contributed by atoms with Gasteiger partial charge in [-0.15, -0.1) is 0 Å². The van der Waals surface area contributed by atoms with Crippen molar-refractivity contribution >= 4 is 17.6 Å². The molecule has 1 unspecified atom stereocenters. The molecule has 0 radical (unpaired) electrons. The number of rotatable bonds is 4. The second-order valence-corrected chi connectivity index (χ2v) is 4.16. The second kappa shape index (κ2) is 5.16. The van der Waals surface area contributed by atoms with Crippen LogP contribution in [0.3, 0.4) is 0 Å². The third-order valence-corrected chi connectivity index (χ3v) is 2.76. The van der Waals surface area contributed by atoms with E-state index in [-0.39, 0.29) is 6.42 Å². The SMILES string of the molecule is NC(CC(=O)O)c1ccc(-n2cncn2)c(Cl)c1. The zero-order valence-electron chi connectivity index (χ0n) is 9.32. The summed E-state index contributed by atoms with van der Waals surface area (Å²) < 4.78 is 1.52. The molecule has 0 aliphatic carbocycles. The highest BCUT2D eigenvalue weighted by Crippen LogP contribution is 2.24. The molecule has 0 saturated carbocycles. The number of aliphatic carboxylic acids is 1.